The Morgan fingerprint density at radius 1 is 1.06 bits per heavy atom. The lowest BCUT2D eigenvalue weighted by Gasteiger charge is -2.15. The summed E-state index contributed by atoms with van der Waals surface area (Å²) in [4.78, 5) is 24.9. The van der Waals surface area contributed by atoms with Crippen molar-refractivity contribution in [1.29, 1.82) is 0 Å². The van der Waals surface area contributed by atoms with Crippen molar-refractivity contribution in [2.75, 3.05) is 20.3 Å². The summed E-state index contributed by atoms with van der Waals surface area (Å²) in [5.74, 6) is 1.29. The van der Waals surface area contributed by atoms with Crippen LogP contribution in [0, 0.1) is 0 Å². The zero-order valence-electron chi connectivity index (χ0n) is 18.7. The fourth-order valence-corrected chi connectivity index (χ4v) is 3.16. The monoisotopic (exact) mass is 461 g/mol. The number of hydrogen-bond donors (Lipinski definition) is 1. The van der Waals surface area contributed by atoms with E-state index in [2.05, 4.69) is 20.6 Å². The molecule has 0 fully saturated rings. The Morgan fingerprint density at radius 3 is 2.53 bits per heavy atom. The van der Waals surface area contributed by atoms with E-state index in [-0.39, 0.29) is 24.6 Å². The molecule has 0 bridgehead atoms. The molecule has 0 saturated carbocycles. The first-order chi connectivity index (χ1) is 16.5. The number of methoxy groups -OCH3 is 1. The summed E-state index contributed by atoms with van der Waals surface area (Å²) in [6.07, 6.45) is 1.56. The molecule has 1 aromatic carbocycles. The molecule has 1 N–H and O–H groups in total. The third kappa shape index (κ3) is 5.29. The second kappa shape index (κ2) is 10.4. The minimum atomic E-state index is -0.807. The van der Waals surface area contributed by atoms with Crippen LogP contribution < -0.4 is 20.3 Å². The number of amides is 1. The lowest BCUT2D eigenvalue weighted by atomic mass is 10.1. The smallest absolute Gasteiger partial charge is 0.267 e. The number of ether oxygens (including phenoxy) is 2. The molecule has 10 nitrogen and oxygen atoms in total. The Balaban J connectivity index is 1.32. The van der Waals surface area contributed by atoms with E-state index in [1.807, 2.05) is 12.1 Å². The second-order valence-corrected chi connectivity index (χ2v) is 7.28. The van der Waals surface area contributed by atoms with Crippen molar-refractivity contribution in [1.82, 2.24) is 25.3 Å². The van der Waals surface area contributed by atoms with Crippen molar-refractivity contribution >= 4 is 5.91 Å². The number of rotatable bonds is 9. The molecule has 3 aromatic heterocycles. The molecule has 10 heteroatoms. The predicted octanol–water partition coefficient (Wildman–Crippen LogP) is 2.73. The number of aromatic nitrogens is 4. The molecule has 3 heterocycles. The Kier molecular flexibility index (Phi) is 6.97. The third-order valence-electron chi connectivity index (χ3n) is 5.02. The molecule has 1 amide bonds. The average molecular weight is 461 g/mol. The summed E-state index contributed by atoms with van der Waals surface area (Å²) in [6, 6.07) is 16.4. The standard InChI is InChI=1S/C24H23N5O5/c1-16(29-23(30)12-10-19(28-29)17-5-7-18(32-2)8-6-17)24(31)25-13-15-34-22-11-9-20(26-27-22)21-4-3-14-33-21/h3-12,14,16H,13,15H2,1-2H3,(H,25,31). The summed E-state index contributed by atoms with van der Waals surface area (Å²) < 4.78 is 17.1. The second-order valence-electron chi connectivity index (χ2n) is 7.28. The predicted molar refractivity (Wildman–Crippen MR) is 123 cm³/mol. The molecule has 0 radical (unpaired) electrons. The molecule has 0 aliphatic rings. The van der Waals surface area contributed by atoms with Crippen molar-refractivity contribution in [2.24, 2.45) is 0 Å². The van der Waals surface area contributed by atoms with Gasteiger partial charge in [-0.1, -0.05) is 0 Å². The van der Waals surface area contributed by atoms with Crippen LogP contribution >= 0.6 is 0 Å². The quantitative estimate of drug-likeness (QED) is 0.378. The Hall–Kier alpha value is -4.47. The van der Waals surface area contributed by atoms with Gasteiger partial charge in [0.1, 0.15) is 24.1 Å². The summed E-state index contributed by atoms with van der Waals surface area (Å²) in [5, 5.41) is 15.1. The average Bonchev–Trinajstić information content (AvgIpc) is 3.42. The van der Waals surface area contributed by atoms with E-state index >= 15 is 0 Å². The van der Waals surface area contributed by atoms with E-state index < -0.39 is 6.04 Å². The van der Waals surface area contributed by atoms with Gasteiger partial charge < -0.3 is 19.2 Å². The number of hydrogen-bond acceptors (Lipinski definition) is 8. The first kappa shape index (κ1) is 22.7. The van der Waals surface area contributed by atoms with Gasteiger partial charge in [0.25, 0.3) is 5.56 Å². The van der Waals surface area contributed by atoms with Crippen LogP contribution in [0.2, 0.25) is 0 Å². The number of carbonyl (C=O) groups excluding carboxylic acids is 1. The topological polar surface area (TPSA) is 121 Å². The van der Waals surface area contributed by atoms with Crippen molar-refractivity contribution < 1.29 is 18.7 Å². The lowest BCUT2D eigenvalue weighted by molar-refractivity contribution is -0.124. The Bertz CT molecular complexity index is 1280. The highest BCUT2D eigenvalue weighted by molar-refractivity contribution is 5.79. The minimum absolute atomic E-state index is 0.182. The molecule has 4 rings (SSSR count). The molecule has 0 aliphatic heterocycles. The number of nitrogens with zero attached hydrogens (tertiary/aromatic N) is 4. The van der Waals surface area contributed by atoms with Gasteiger partial charge in [0, 0.05) is 17.7 Å². The normalized spacial score (nSPS) is 11.6. The molecular formula is C24H23N5O5. The lowest BCUT2D eigenvalue weighted by Crippen LogP contribution is -2.38. The largest absolute Gasteiger partial charge is 0.497 e. The number of furan rings is 1. The fraction of sp³-hybridized carbons (Fsp3) is 0.208. The molecule has 0 spiro atoms. The van der Waals surface area contributed by atoms with Crippen molar-refractivity contribution in [3.05, 3.63) is 77.3 Å². The van der Waals surface area contributed by atoms with Crippen molar-refractivity contribution in [3.63, 3.8) is 0 Å². The fourth-order valence-electron chi connectivity index (χ4n) is 3.16. The summed E-state index contributed by atoms with van der Waals surface area (Å²) >= 11 is 0. The first-order valence-corrected chi connectivity index (χ1v) is 10.6. The van der Waals surface area contributed by atoms with Gasteiger partial charge in [-0.2, -0.15) is 5.10 Å². The zero-order chi connectivity index (χ0) is 23.9. The summed E-state index contributed by atoms with van der Waals surface area (Å²) in [7, 11) is 1.59. The van der Waals surface area contributed by atoms with Crippen molar-refractivity contribution in [2.45, 2.75) is 13.0 Å². The van der Waals surface area contributed by atoms with Crippen LogP contribution in [0.15, 0.2) is 76.1 Å². The highest BCUT2D eigenvalue weighted by Gasteiger charge is 2.18. The first-order valence-electron chi connectivity index (χ1n) is 10.6. The highest BCUT2D eigenvalue weighted by atomic mass is 16.5. The molecular weight excluding hydrogens is 438 g/mol. The number of nitrogens with one attached hydrogen (secondary N) is 1. The zero-order valence-corrected chi connectivity index (χ0v) is 18.7. The highest BCUT2D eigenvalue weighted by Crippen LogP contribution is 2.20. The molecule has 4 aromatic rings. The van der Waals surface area contributed by atoms with Crippen LogP contribution in [0.1, 0.15) is 13.0 Å². The SMILES string of the molecule is COc1ccc(-c2ccc(=O)n(C(C)C(=O)NCCOc3ccc(-c4ccco4)nn3)n2)cc1. The van der Waals surface area contributed by atoms with Crippen LogP contribution in [-0.4, -0.2) is 46.1 Å². The van der Waals surface area contributed by atoms with Gasteiger partial charge in [0.2, 0.25) is 11.8 Å². The maximum Gasteiger partial charge on any atom is 0.267 e. The summed E-state index contributed by atoms with van der Waals surface area (Å²) in [5.41, 5.74) is 1.59. The molecule has 174 valence electrons. The van der Waals surface area contributed by atoms with E-state index in [0.717, 1.165) is 10.2 Å². The van der Waals surface area contributed by atoms with E-state index in [1.54, 1.807) is 62.8 Å². The van der Waals surface area contributed by atoms with Crippen LogP contribution in [0.3, 0.4) is 0 Å². The van der Waals surface area contributed by atoms with Crippen LogP contribution in [0.25, 0.3) is 22.7 Å². The van der Waals surface area contributed by atoms with Gasteiger partial charge in [-0.05, 0) is 55.5 Å². The molecule has 34 heavy (non-hydrogen) atoms. The molecule has 0 saturated heterocycles. The van der Waals surface area contributed by atoms with Gasteiger partial charge in [-0.3, -0.25) is 9.59 Å². The Morgan fingerprint density at radius 2 is 1.85 bits per heavy atom. The summed E-state index contributed by atoms with van der Waals surface area (Å²) in [6.45, 7) is 2.01. The third-order valence-corrected chi connectivity index (χ3v) is 5.02. The van der Waals surface area contributed by atoms with E-state index in [1.165, 1.54) is 6.07 Å². The molecule has 0 aliphatic carbocycles. The van der Waals surface area contributed by atoms with Gasteiger partial charge in [0.15, 0.2) is 5.76 Å². The molecule has 1 atom stereocenters. The van der Waals surface area contributed by atoms with E-state index in [0.29, 0.717) is 28.8 Å². The number of carbonyl (C=O) groups is 1. The minimum Gasteiger partial charge on any atom is -0.497 e. The van der Waals surface area contributed by atoms with Crippen LogP contribution in [-0.2, 0) is 4.79 Å². The Labute approximate surface area is 195 Å². The maximum absolute atomic E-state index is 12.6. The van der Waals surface area contributed by atoms with Gasteiger partial charge in [-0.15, -0.1) is 10.2 Å². The van der Waals surface area contributed by atoms with Crippen LogP contribution in [0.5, 0.6) is 11.6 Å². The van der Waals surface area contributed by atoms with Gasteiger partial charge in [0.05, 0.1) is 25.6 Å². The van der Waals surface area contributed by atoms with Gasteiger partial charge in [-0.25, -0.2) is 4.68 Å². The van der Waals surface area contributed by atoms with Crippen molar-refractivity contribution in [3.8, 4) is 34.3 Å². The number of benzene rings is 1. The van der Waals surface area contributed by atoms with Crippen LogP contribution in [0.4, 0.5) is 0 Å². The van der Waals surface area contributed by atoms with E-state index in [9.17, 15) is 9.59 Å². The van der Waals surface area contributed by atoms with E-state index in [4.69, 9.17) is 13.9 Å². The van der Waals surface area contributed by atoms with Gasteiger partial charge >= 0.3 is 0 Å². The molecule has 1 unspecified atom stereocenters. The maximum atomic E-state index is 12.6.